The van der Waals surface area contributed by atoms with E-state index in [4.69, 9.17) is 5.73 Å². The Morgan fingerprint density at radius 2 is 1.95 bits per heavy atom. The average Bonchev–Trinajstić information content (AvgIpc) is 2.98. The summed E-state index contributed by atoms with van der Waals surface area (Å²) in [4.78, 5) is 5.61. The van der Waals surface area contributed by atoms with Crippen LogP contribution in [0.2, 0.25) is 0 Å². The van der Waals surface area contributed by atoms with Gasteiger partial charge in [0.05, 0.1) is 5.69 Å². The van der Waals surface area contributed by atoms with Crippen LogP contribution in [0.5, 0.6) is 0 Å². The van der Waals surface area contributed by atoms with Crippen LogP contribution in [0.3, 0.4) is 0 Å². The standard InChI is InChI=1S/C13H14FN3S.2BrH/c14-10-3-1-8(2-4-10)11-12(18-13(15)17-11)9-5-6-16-7-9;;/h1-4,9,16H,5-7H2,(H2,15,17);2*1H. The molecule has 0 saturated carbocycles. The van der Waals surface area contributed by atoms with Crippen LogP contribution in [0.4, 0.5) is 9.52 Å². The van der Waals surface area contributed by atoms with Gasteiger partial charge in [0.2, 0.25) is 0 Å². The lowest BCUT2D eigenvalue weighted by Gasteiger charge is -2.08. The molecule has 20 heavy (non-hydrogen) atoms. The molecule has 110 valence electrons. The topological polar surface area (TPSA) is 50.9 Å². The molecule has 1 saturated heterocycles. The molecule has 3 N–H and O–H groups in total. The van der Waals surface area contributed by atoms with E-state index in [1.807, 2.05) is 0 Å². The maximum Gasteiger partial charge on any atom is 0.180 e. The molecule has 1 atom stereocenters. The van der Waals surface area contributed by atoms with Crippen LogP contribution in [-0.2, 0) is 0 Å². The maximum atomic E-state index is 13.0. The zero-order valence-electron chi connectivity index (χ0n) is 10.6. The monoisotopic (exact) mass is 423 g/mol. The number of nitrogens with one attached hydrogen (secondary N) is 1. The second kappa shape index (κ2) is 7.49. The highest BCUT2D eigenvalue weighted by molar-refractivity contribution is 8.93. The van der Waals surface area contributed by atoms with Crippen molar-refractivity contribution in [2.45, 2.75) is 12.3 Å². The second-order valence-corrected chi connectivity index (χ2v) is 5.52. The van der Waals surface area contributed by atoms with Gasteiger partial charge in [-0.1, -0.05) is 0 Å². The molecule has 0 spiro atoms. The number of nitrogens with two attached hydrogens (primary N) is 1. The van der Waals surface area contributed by atoms with Crippen LogP contribution in [0, 0.1) is 5.82 Å². The third-order valence-electron chi connectivity index (χ3n) is 3.22. The molecule has 1 fully saturated rings. The number of benzene rings is 1. The number of hydrogen-bond donors (Lipinski definition) is 2. The lowest BCUT2D eigenvalue weighted by atomic mass is 10.0. The number of hydrogen-bond acceptors (Lipinski definition) is 4. The van der Waals surface area contributed by atoms with Gasteiger partial charge in [-0.3, -0.25) is 0 Å². The highest BCUT2D eigenvalue weighted by Crippen LogP contribution is 2.37. The number of rotatable bonds is 2. The van der Waals surface area contributed by atoms with E-state index in [9.17, 15) is 4.39 Å². The molecule has 0 amide bonds. The summed E-state index contributed by atoms with van der Waals surface area (Å²) in [6.07, 6.45) is 1.11. The van der Waals surface area contributed by atoms with Crippen molar-refractivity contribution in [1.29, 1.82) is 0 Å². The minimum Gasteiger partial charge on any atom is -0.375 e. The SMILES string of the molecule is Br.Br.Nc1nc(-c2ccc(F)cc2)c(C2CCNC2)s1. The number of anilines is 1. The normalized spacial score (nSPS) is 17.4. The van der Waals surface area contributed by atoms with Gasteiger partial charge in [0, 0.05) is 22.9 Å². The first kappa shape index (κ1) is 17.6. The van der Waals surface area contributed by atoms with E-state index in [1.54, 1.807) is 23.5 Å². The van der Waals surface area contributed by atoms with Gasteiger partial charge in [-0.2, -0.15) is 0 Å². The summed E-state index contributed by atoms with van der Waals surface area (Å²) in [6.45, 7) is 2.00. The van der Waals surface area contributed by atoms with E-state index in [1.165, 1.54) is 17.0 Å². The number of halogens is 3. The minimum absolute atomic E-state index is 0. The van der Waals surface area contributed by atoms with Crippen molar-refractivity contribution in [3.8, 4) is 11.3 Å². The van der Waals surface area contributed by atoms with Gasteiger partial charge in [-0.15, -0.1) is 45.3 Å². The van der Waals surface area contributed by atoms with Gasteiger partial charge in [0.1, 0.15) is 5.82 Å². The molecule has 3 nitrogen and oxygen atoms in total. The fourth-order valence-corrected chi connectivity index (χ4v) is 3.31. The summed E-state index contributed by atoms with van der Waals surface area (Å²) in [5.41, 5.74) is 7.67. The second-order valence-electron chi connectivity index (χ2n) is 4.46. The lowest BCUT2D eigenvalue weighted by Crippen LogP contribution is -2.07. The van der Waals surface area contributed by atoms with Crippen molar-refractivity contribution >= 4 is 50.4 Å². The first-order valence-corrected chi connectivity index (χ1v) is 6.78. The van der Waals surface area contributed by atoms with Crippen molar-refractivity contribution < 1.29 is 4.39 Å². The molecule has 1 aromatic heterocycles. The Bertz CT molecular complexity index is 553. The van der Waals surface area contributed by atoms with Crippen molar-refractivity contribution in [3.05, 3.63) is 35.0 Å². The van der Waals surface area contributed by atoms with E-state index < -0.39 is 0 Å². The molecule has 1 unspecified atom stereocenters. The summed E-state index contributed by atoms with van der Waals surface area (Å²) in [5, 5.41) is 3.93. The summed E-state index contributed by atoms with van der Waals surface area (Å²) >= 11 is 1.54. The highest BCUT2D eigenvalue weighted by Gasteiger charge is 2.23. The predicted octanol–water partition coefficient (Wildman–Crippen LogP) is 3.76. The number of aromatic nitrogens is 1. The predicted molar refractivity (Wildman–Crippen MR) is 92.8 cm³/mol. The molecular weight excluding hydrogens is 409 g/mol. The molecule has 0 bridgehead atoms. The van der Waals surface area contributed by atoms with Gasteiger partial charge in [-0.05, 0) is 37.2 Å². The molecule has 0 aliphatic carbocycles. The van der Waals surface area contributed by atoms with Crippen molar-refractivity contribution in [2.75, 3.05) is 18.8 Å². The van der Waals surface area contributed by atoms with E-state index in [-0.39, 0.29) is 39.8 Å². The molecule has 3 rings (SSSR count). The summed E-state index contributed by atoms with van der Waals surface area (Å²) in [5.74, 6) is 0.242. The Morgan fingerprint density at radius 3 is 2.55 bits per heavy atom. The summed E-state index contributed by atoms with van der Waals surface area (Å²) in [6, 6.07) is 6.44. The average molecular weight is 425 g/mol. The maximum absolute atomic E-state index is 13.0. The Balaban J connectivity index is 0.000001000. The minimum atomic E-state index is -0.231. The van der Waals surface area contributed by atoms with Crippen LogP contribution >= 0.6 is 45.3 Å². The number of nitrogen functional groups attached to an aromatic ring is 1. The van der Waals surface area contributed by atoms with E-state index in [0.717, 1.165) is 30.8 Å². The molecule has 2 aromatic rings. The van der Waals surface area contributed by atoms with Crippen LogP contribution < -0.4 is 11.1 Å². The Kier molecular flexibility index (Phi) is 6.57. The van der Waals surface area contributed by atoms with E-state index >= 15 is 0 Å². The van der Waals surface area contributed by atoms with Gasteiger partial charge in [-0.25, -0.2) is 9.37 Å². The van der Waals surface area contributed by atoms with Gasteiger partial charge in [0.25, 0.3) is 0 Å². The van der Waals surface area contributed by atoms with Crippen molar-refractivity contribution in [2.24, 2.45) is 0 Å². The first-order valence-electron chi connectivity index (χ1n) is 5.97. The number of thiazole rings is 1. The first-order chi connectivity index (χ1) is 8.74. The quantitative estimate of drug-likeness (QED) is 0.771. The molecule has 7 heteroatoms. The molecule has 1 aliphatic heterocycles. The van der Waals surface area contributed by atoms with E-state index in [0.29, 0.717) is 11.0 Å². The zero-order valence-corrected chi connectivity index (χ0v) is 14.9. The smallest absolute Gasteiger partial charge is 0.180 e. The highest BCUT2D eigenvalue weighted by atomic mass is 79.9. The van der Waals surface area contributed by atoms with Crippen LogP contribution in [0.25, 0.3) is 11.3 Å². The van der Waals surface area contributed by atoms with E-state index in [2.05, 4.69) is 10.3 Å². The molecule has 0 radical (unpaired) electrons. The number of nitrogens with zero attached hydrogens (tertiary/aromatic N) is 1. The third-order valence-corrected chi connectivity index (χ3v) is 4.27. The Morgan fingerprint density at radius 1 is 1.25 bits per heavy atom. The molecular formula is C13H16Br2FN3S. The zero-order chi connectivity index (χ0) is 12.5. The third kappa shape index (κ3) is 3.58. The lowest BCUT2D eigenvalue weighted by molar-refractivity contribution is 0.628. The van der Waals surface area contributed by atoms with Crippen LogP contribution in [-0.4, -0.2) is 18.1 Å². The molecule has 1 aromatic carbocycles. The largest absolute Gasteiger partial charge is 0.375 e. The van der Waals surface area contributed by atoms with Crippen LogP contribution in [0.1, 0.15) is 17.2 Å². The van der Waals surface area contributed by atoms with Crippen molar-refractivity contribution in [1.82, 2.24) is 10.3 Å². The fourth-order valence-electron chi connectivity index (χ4n) is 2.32. The van der Waals surface area contributed by atoms with Crippen molar-refractivity contribution in [3.63, 3.8) is 0 Å². The van der Waals surface area contributed by atoms with Gasteiger partial charge < -0.3 is 11.1 Å². The Labute approximate surface area is 142 Å². The molecule has 1 aliphatic rings. The van der Waals surface area contributed by atoms with Crippen LogP contribution in [0.15, 0.2) is 24.3 Å². The summed E-state index contributed by atoms with van der Waals surface area (Å²) in [7, 11) is 0. The fraction of sp³-hybridized carbons (Fsp3) is 0.308. The molecule has 2 heterocycles. The Hall–Kier alpha value is -0.500. The van der Waals surface area contributed by atoms with Gasteiger partial charge >= 0.3 is 0 Å². The van der Waals surface area contributed by atoms with Gasteiger partial charge in [0.15, 0.2) is 5.13 Å². The summed E-state index contributed by atoms with van der Waals surface area (Å²) < 4.78 is 13.0.